The zero-order valence-electron chi connectivity index (χ0n) is 9.30. The summed E-state index contributed by atoms with van der Waals surface area (Å²) in [7, 11) is 0. The van der Waals surface area contributed by atoms with Crippen LogP contribution in [0.3, 0.4) is 0 Å². The van der Waals surface area contributed by atoms with Gasteiger partial charge in [0, 0.05) is 5.56 Å². The molecule has 0 aromatic heterocycles. The van der Waals surface area contributed by atoms with Gasteiger partial charge in [0.2, 0.25) is 0 Å². The first kappa shape index (κ1) is 14.0. The number of benzene rings is 2. The summed E-state index contributed by atoms with van der Waals surface area (Å²) in [4.78, 5) is 0. The Morgan fingerprint density at radius 3 is 2.26 bits per heavy atom. The van der Waals surface area contributed by atoms with Crippen LogP contribution in [0.5, 0.6) is 0 Å². The lowest BCUT2D eigenvalue weighted by molar-refractivity contribution is 0.202. The van der Waals surface area contributed by atoms with Gasteiger partial charge in [0.05, 0.1) is 10.0 Å². The Morgan fingerprint density at radius 2 is 1.58 bits per heavy atom. The summed E-state index contributed by atoms with van der Waals surface area (Å²) in [6.45, 7) is 0. The van der Waals surface area contributed by atoms with Gasteiger partial charge in [-0.1, -0.05) is 12.1 Å². The SMILES string of the molecule is OC(c1cccc(F)c1F)c1c(F)ccc(Br)c1F. The highest BCUT2D eigenvalue weighted by Crippen LogP contribution is 2.32. The van der Waals surface area contributed by atoms with E-state index in [1.54, 1.807) is 0 Å². The minimum Gasteiger partial charge on any atom is -0.383 e. The van der Waals surface area contributed by atoms with Gasteiger partial charge in [0.15, 0.2) is 11.6 Å². The molecule has 6 heteroatoms. The zero-order valence-corrected chi connectivity index (χ0v) is 10.9. The van der Waals surface area contributed by atoms with E-state index in [0.29, 0.717) is 0 Å². The van der Waals surface area contributed by atoms with E-state index < -0.39 is 40.5 Å². The summed E-state index contributed by atoms with van der Waals surface area (Å²) >= 11 is 2.83. The van der Waals surface area contributed by atoms with Crippen molar-refractivity contribution in [3.63, 3.8) is 0 Å². The standard InChI is InChI=1S/C13H7BrF4O/c14-7-4-5-8(15)10(12(7)18)13(19)6-2-1-3-9(16)11(6)17/h1-5,13,19H. The Morgan fingerprint density at radius 1 is 0.895 bits per heavy atom. The largest absolute Gasteiger partial charge is 0.383 e. The van der Waals surface area contributed by atoms with Crippen LogP contribution in [-0.4, -0.2) is 5.11 Å². The second-order valence-electron chi connectivity index (χ2n) is 3.80. The number of hydrogen-bond donors (Lipinski definition) is 1. The number of aliphatic hydroxyl groups excluding tert-OH is 1. The summed E-state index contributed by atoms with van der Waals surface area (Å²) in [6, 6.07) is 5.08. The molecule has 0 bridgehead atoms. The highest BCUT2D eigenvalue weighted by atomic mass is 79.9. The Bertz CT molecular complexity index is 630. The molecule has 0 radical (unpaired) electrons. The molecule has 1 nitrogen and oxygen atoms in total. The van der Waals surface area contributed by atoms with Crippen molar-refractivity contribution in [2.75, 3.05) is 0 Å². The number of halogens is 5. The van der Waals surface area contributed by atoms with Crippen molar-refractivity contribution in [1.29, 1.82) is 0 Å². The van der Waals surface area contributed by atoms with Gasteiger partial charge in [-0.15, -0.1) is 0 Å². The van der Waals surface area contributed by atoms with Crippen molar-refractivity contribution in [2.24, 2.45) is 0 Å². The molecule has 0 heterocycles. The molecule has 19 heavy (non-hydrogen) atoms. The summed E-state index contributed by atoms with van der Waals surface area (Å²) in [6.07, 6.45) is -1.94. The maximum Gasteiger partial charge on any atom is 0.164 e. The van der Waals surface area contributed by atoms with Crippen LogP contribution in [-0.2, 0) is 0 Å². The highest BCUT2D eigenvalue weighted by molar-refractivity contribution is 9.10. The van der Waals surface area contributed by atoms with Gasteiger partial charge in [-0.3, -0.25) is 0 Å². The Labute approximate surface area is 114 Å². The van der Waals surface area contributed by atoms with Crippen molar-refractivity contribution >= 4 is 15.9 Å². The van der Waals surface area contributed by atoms with E-state index in [1.165, 1.54) is 0 Å². The fourth-order valence-corrected chi connectivity index (χ4v) is 2.03. The van der Waals surface area contributed by atoms with Crippen molar-refractivity contribution in [2.45, 2.75) is 6.10 Å². The first-order valence-corrected chi connectivity index (χ1v) is 5.98. The van der Waals surface area contributed by atoms with Gasteiger partial charge >= 0.3 is 0 Å². The minimum atomic E-state index is -1.94. The second-order valence-corrected chi connectivity index (χ2v) is 4.66. The molecule has 2 aromatic rings. The maximum atomic E-state index is 13.8. The molecule has 2 aromatic carbocycles. The van der Waals surface area contributed by atoms with E-state index in [0.717, 1.165) is 30.3 Å². The molecule has 2 rings (SSSR count). The lowest BCUT2D eigenvalue weighted by Gasteiger charge is -2.15. The molecule has 1 unspecified atom stereocenters. The quantitative estimate of drug-likeness (QED) is 0.648. The van der Waals surface area contributed by atoms with Gasteiger partial charge in [0.1, 0.15) is 17.7 Å². The summed E-state index contributed by atoms with van der Waals surface area (Å²) in [5.74, 6) is -4.64. The van der Waals surface area contributed by atoms with Crippen molar-refractivity contribution in [3.8, 4) is 0 Å². The van der Waals surface area contributed by atoms with Crippen molar-refractivity contribution in [3.05, 3.63) is 69.2 Å². The number of hydrogen-bond acceptors (Lipinski definition) is 1. The van der Waals surface area contributed by atoms with Crippen LogP contribution in [0.4, 0.5) is 17.6 Å². The lowest BCUT2D eigenvalue weighted by atomic mass is 10.00. The Balaban J connectivity index is 2.59. The summed E-state index contributed by atoms with van der Waals surface area (Å²) < 4.78 is 53.8. The molecular formula is C13H7BrF4O. The van der Waals surface area contributed by atoms with Gasteiger partial charge < -0.3 is 5.11 Å². The lowest BCUT2D eigenvalue weighted by Crippen LogP contribution is -2.09. The summed E-state index contributed by atoms with van der Waals surface area (Å²) in [5.41, 5.74) is -1.27. The Kier molecular flexibility index (Phi) is 3.91. The van der Waals surface area contributed by atoms with Gasteiger partial charge in [-0.05, 0) is 34.1 Å². The van der Waals surface area contributed by atoms with E-state index in [2.05, 4.69) is 15.9 Å². The van der Waals surface area contributed by atoms with Crippen molar-refractivity contribution < 1.29 is 22.7 Å². The van der Waals surface area contributed by atoms with Crippen LogP contribution in [0.15, 0.2) is 34.8 Å². The molecular weight excluding hydrogens is 328 g/mol. The van der Waals surface area contributed by atoms with Crippen LogP contribution in [0.1, 0.15) is 17.2 Å². The Hall–Kier alpha value is -1.40. The molecule has 0 aliphatic heterocycles. The predicted molar refractivity (Wildman–Crippen MR) is 64.5 cm³/mol. The molecule has 0 fully saturated rings. The highest BCUT2D eigenvalue weighted by Gasteiger charge is 2.25. The molecule has 0 spiro atoms. The van der Waals surface area contributed by atoms with Crippen LogP contribution in [0.2, 0.25) is 0 Å². The third kappa shape index (κ3) is 2.50. The second kappa shape index (κ2) is 5.30. The van der Waals surface area contributed by atoms with Crippen LogP contribution in [0, 0.1) is 23.3 Å². The van der Waals surface area contributed by atoms with Gasteiger partial charge in [-0.25, -0.2) is 17.6 Å². The smallest absolute Gasteiger partial charge is 0.164 e. The molecule has 100 valence electrons. The average Bonchev–Trinajstić information content (AvgIpc) is 2.37. The van der Waals surface area contributed by atoms with E-state index in [4.69, 9.17) is 0 Å². The van der Waals surface area contributed by atoms with E-state index in [-0.39, 0.29) is 4.47 Å². The van der Waals surface area contributed by atoms with E-state index in [1.807, 2.05) is 0 Å². The molecule has 0 saturated heterocycles. The first-order valence-electron chi connectivity index (χ1n) is 5.19. The fourth-order valence-electron chi connectivity index (χ4n) is 1.68. The third-order valence-electron chi connectivity index (χ3n) is 2.63. The molecule has 1 N–H and O–H groups in total. The third-order valence-corrected chi connectivity index (χ3v) is 3.24. The fraction of sp³-hybridized carbons (Fsp3) is 0.0769. The number of rotatable bonds is 2. The maximum absolute atomic E-state index is 13.8. The van der Waals surface area contributed by atoms with Crippen LogP contribution >= 0.6 is 15.9 Å². The predicted octanol–water partition coefficient (Wildman–Crippen LogP) is 4.09. The molecule has 0 aliphatic rings. The molecule has 0 saturated carbocycles. The van der Waals surface area contributed by atoms with Crippen LogP contribution < -0.4 is 0 Å². The zero-order chi connectivity index (χ0) is 14.2. The van der Waals surface area contributed by atoms with E-state index >= 15 is 0 Å². The van der Waals surface area contributed by atoms with Crippen molar-refractivity contribution in [1.82, 2.24) is 0 Å². The molecule has 0 aliphatic carbocycles. The van der Waals surface area contributed by atoms with Gasteiger partial charge in [-0.2, -0.15) is 0 Å². The van der Waals surface area contributed by atoms with Gasteiger partial charge in [0.25, 0.3) is 0 Å². The monoisotopic (exact) mass is 334 g/mol. The normalized spacial score (nSPS) is 12.5. The van der Waals surface area contributed by atoms with E-state index in [9.17, 15) is 22.7 Å². The average molecular weight is 335 g/mol. The number of aliphatic hydroxyl groups is 1. The minimum absolute atomic E-state index is 0.0836. The first-order chi connectivity index (χ1) is 8.93. The molecule has 1 atom stereocenters. The topological polar surface area (TPSA) is 20.2 Å². The molecule has 0 amide bonds. The van der Waals surface area contributed by atoms with Crippen LogP contribution in [0.25, 0.3) is 0 Å². The summed E-state index contributed by atoms with van der Waals surface area (Å²) in [5, 5.41) is 9.88.